The van der Waals surface area contributed by atoms with E-state index in [1.807, 2.05) is 48.5 Å². The van der Waals surface area contributed by atoms with E-state index in [0.717, 1.165) is 43.2 Å². The number of esters is 1. The number of carbonyl (C=O) groups excluding carboxylic acids is 1. The Kier molecular flexibility index (Phi) is 7.23. The molecule has 0 amide bonds. The van der Waals surface area contributed by atoms with Crippen molar-refractivity contribution >= 4 is 22.6 Å². The van der Waals surface area contributed by atoms with E-state index in [1.54, 1.807) is 32.2 Å². The van der Waals surface area contributed by atoms with Gasteiger partial charge in [0.15, 0.2) is 11.0 Å². The summed E-state index contributed by atoms with van der Waals surface area (Å²) in [5.74, 6) is 0.841. The number of rotatable bonds is 7. The fraction of sp³-hybridized carbons (Fsp3) is 0.267. The van der Waals surface area contributed by atoms with Crippen molar-refractivity contribution in [3.63, 3.8) is 0 Å². The Bertz CT molecular complexity index is 1460. The predicted octanol–water partition coefficient (Wildman–Crippen LogP) is 4.76. The molecule has 37 heavy (non-hydrogen) atoms. The smallest absolute Gasteiger partial charge is 0.342 e. The normalized spacial score (nSPS) is 14.1. The lowest BCUT2D eigenvalue weighted by Crippen LogP contribution is -2.47. The van der Waals surface area contributed by atoms with Crippen LogP contribution in [0.15, 0.2) is 82.0 Å². The number of hydrogen-bond acceptors (Lipinski definition) is 7. The molecule has 0 atom stereocenters. The Morgan fingerprint density at radius 2 is 1.65 bits per heavy atom. The topological polar surface area (TPSA) is 72.2 Å². The molecule has 0 unspecified atom stereocenters. The summed E-state index contributed by atoms with van der Waals surface area (Å²) in [4.78, 5) is 30.7. The van der Waals surface area contributed by atoms with Crippen LogP contribution in [0.3, 0.4) is 0 Å². The molecule has 0 aliphatic carbocycles. The molecule has 4 aromatic rings. The van der Waals surface area contributed by atoms with E-state index in [4.69, 9.17) is 13.9 Å². The number of carbonyl (C=O) groups is 1. The first-order chi connectivity index (χ1) is 18.1. The molecule has 7 nitrogen and oxygen atoms in total. The Morgan fingerprint density at radius 1 is 0.919 bits per heavy atom. The summed E-state index contributed by atoms with van der Waals surface area (Å²) in [6.07, 6.45) is 0. The Hall–Kier alpha value is -4.10. The molecule has 0 spiro atoms. The van der Waals surface area contributed by atoms with Crippen LogP contribution in [-0.4, -0.2) is 57.3 Å². The van der Waals surface area contributed by atoms with Gasteiger partial charge in [-0.2, -0.15) is 0 Å². The van der Waals surface area contributed by atoms with Gasteiger partial charge in [-0.15, -0.1) is 0 Å². The molecule has 0 saturated carbocycles. The summed E-state index contributed by atoms with van der Waals surface area (Å²) in [5.41, 5.74) is 2.76. The van der Waals surface area contributed by atoms with E-state index in [1.165, 1.54) is 0 Å². The first-order valence-electron chi connectivity index (χ1n) is 12.5. The second-order valence-electron chi connectivity index (χ2n) is 9.07. The van der Waals surface area contributed by atoms with Gasteiger partial charge in [-0.3, -0.25) is 9.69 Å². The van der Waals surface area contributed by atoms with Crippen molar-refractivity contribution in [1.82, 2.24) is 4.90 Å². The first-order valence-corrected chi connectivity index (χ1v) is 12.5. The summed E-state index contributed by atoms with van der Waals surface area (Å²) in [6.45, 7) is 6.08. The largest absolute Gasteiger partial charge is 0.495 e. The molecule has 5 rings (SSSR count). The van der Waals surface area contributed by atoms with E-state index in [9.17, 15) is 9.59 Å². The minimum absolute atomic E-state index is 0.150. The number of fused-ring (bicyclic) bond motifs is 1. The number of ether oxygens (including phenoxy) is 2. The third-order valence-corrected chi connectivity index (χ3v) is 6.84. The standard InChI is InChI=1S/C30H30N2O5/c1-21-27(33)23-11-8-12-24(29(23)37-28(21)22-9-4-3-5-10-22)30(34)36-20-19-31-15-17-32(18-16-31)25-13-6-7-14-26(25)35-2/h3-14H,15-20H2,1-2H3. The third-order valence-electron chi connectivity index (χ3n) is 6.84. The van der Waals surface area contributed by atoms with Crippen molar-refractivity contribution in [3.8, 4) is 17.1 Å². The molecule has 3 aromatic carbocycles. The van der Waals surface area contributed by atoms with Gasteiger partial charge in [-0.1, -0.05) is 48.5 Å². The lowest BCUT2D eigenvalue weighted by Gasteiger charge is -2.36. The molecular formula is C30H30N2O5. The molecule has 0 radical (unpaired) electrons. The molecule has 0 N–H and O–H groups in total. The van der Waals surface area contributed by atoms with Gasteiger partial charge in [0.05, 0.1) is 18.2 Å². The molecule has 1 aliphatic heterocycles. The molecule has 1 saturated heterocycles. The highest BCUT2D eigenvalue weighted by Crippen LogP contribution is 2.29. The van der Waals surface area contributed by atoms with Crippen LogP contribution in [0.2, 0.25) is 0 Å². The second kappa shape index (κ2) is 10.9. The molecule has 1 aliphatic rings. The fourth-order valence-corrected chi connectivity index (χ4v) is 4.78. The third kappa shape index (κ3) is 5.08. The van der Waals surface area contributed by atoms with Crippen LogP contribution in [0, 0.1) is 6.92 Å². The second-order valence-corrected chi connectivity index (χ2v) is 9.07. The van der Waals surface area contributed by atoms with Gasteiger partial charge in [0.1, 0.15) is 23.7 Å². The molecule has 7 heteroatoms. The van der Waals surface area contributed by atoms with Gasteiger partial charge in [0.25, 0.3) is 0 Å². The van der Waals surface area contributed by atoms with Gasteiger partial charge in [0.2, 0.25) is 0 Å². The quantitative estimate of drug-likeness (QED) is 0.340. The zero-order valence-electron chi connectivity index (χ0n) is 21.1. The monoisotopic (exact) mass is 498 g/mol. The Morgan fingerprint density at radius 3 is 2.41 bits per heavy atom. The fourth-order valence-electron chi connectivity index (χ4n) is 4.78. The Balaban J connectivity index is 1.25. The number of methoxy groups -OCH3 is 1. The zero-order chi connectivity index (χ0) is 25.8. The van der Waals surface area contributed by atoms with E-state index in [2.05, 4.69) is 15.9 Å². The number of hydrogen-bond donors (Lipinski definition) is 0. The van der Waals surface area contributed by atoms with Crippen LogP contribution < -0.4 is 15.1 Å². The molecule has 1 fully saturated rings. The maximum absolute atomic E-state index is 13.1. The lowest BCUT2D eigenvalue weighted by atomic mass is 10.0. The van der Waals surface area contributed by atoms with Crippen molar-refractivity contribution in [3.05, 3.63) is 94.1 Å². The number of piperazine rings is 1. The Labute approximate surface area is 215 Å². The van der Waals surface area contributed by atoms with Crippen LogP contribution in [0.25, 0.3) is 22.3 Å². The van der Waals surface area contributed by atoms with Gasteiger partial charge in [0, 0.05) is 43.9 Å². The van der Waals surface area contributed by atoms with E-state index in [0.29, 0.717) is 23.3 Å². The summed E-state index contributed by atoms with van der Waals surface area (Å²) < 4.78 is 17.3. The van der Waals surface area contributed by atoms with Crippen LogP contribution in [0.4, 0.5) is 5.69 Å². The van der Waals surface area contributed by atoms with Crippen molar-refractivity contribution in [2.45, 2.75) is 6.92 Å². The minimum atomic E-state index is -0.496. The zero-order valence-corrected chi connectivity index (χ0v) is 21.1. The average molecular weight is 499 g/mol. The SMILES string of the molecule is COc1ccccc1N1CCN(CCOC(=O)c2cccc3c(=O)c(C)c(-c4ccccc4)oc23)CC1. The minimum Gasteiger partial charge on any atom is -0.495 e. The van der Waals surface area contributed by atoms with Crippen LogP contribution in [0.1, 0.15) is 15.9 Å². The molecule has 1 aromatic heterocycles. The molecule has 0 bridgehead atoms. The summed E-state index contributed by atoms with van der Waals surface area (Å²) in [6, 6.07) is 22.5. The summed E-state index contributed by atoms with van der Waals surface area (Å²) in [7, 11) is 1.69. The van der Waals surface area contributed by atoms with Crippen molar-refractivity contribution in [1.29, 1.82) is 0 Å². The number of nitrogens with zero attached hydrogens (tertiary/aromatic N) is 2. The lowest BCUT2D eigenvalue weighted by molar-refractivity contribution is 0.0460. The average Bonchev–Trinajstić information content (AvgIpc) is 2.95. The maximum Gasteiger partial charge on any atom is 0.342 e. The van der Waals surface area contributed by atoms with E-state index in [-0.39, 0.29) is 23.2 Å². The predicted molar refractivity (Wildman–Crippen MR) is 145 cm³/mol. The van der Waals surface area contributed by atoms with Crippen molar-refractivity contribution in [2.24, 2.45) is 0 Å². The molecular weight excluding hydrogens is 468 g/mol. The van der Waals surface area contributed by atoms with Crippen LogP contribution in [-0.2, 0) is 4.74 Å². The highest BCUT2D eigenvalue weighted by Gasteiger charge is 2.21. The van der Waals surface area contributed by atoms with Gasteiger partial charge in [-0.05, 0) is 31.2 Å². The van der Waals surface area contributed by atoms with E-state index >= 15 is 0 Å². The summed E-state index contributed by atoms with van der Waals surface area (Å²) in [5, 5.41) is 0.374. The van der Waals surface area contributed by atoms with E-state index < -0.39 is 5.97 Å². The van der Waals surface area contributed by atoms with Gasteiger partial charge in [-0.25, -0.2) is 4.79 Å². The van der Waals surface area contributed by atoms with Crippen molar-refractivity contribution in [2.75, 3.05) is 51.3 Å². The number of para-hydroxylation sites is 3. The highest BCUT2D eigenvalue weighted by molar-refractivity contribution is 6.02. The molecule has 2 heterocycles. The highest BCUT2D eigenvalue weighted by atomic mass is 16.5. The van der Waals surface area contributed by atoms with Crippen LogP contribution >= 0.6 is 0 Å². The summed E-state index contributed by atoms with van der Waals surface area (Å²) >= 11 is 0. The van der Waals surface area contributed by atoms with Gasteiger partial charge >= 0.3 is 5.97 Å². The first kappa shape index (κ1) is 24.6. The van der Waals surface area contributed by atoms with Gasteiger partial charge < -0.3 is 18.8 Å². The van der Waals surface area contributed by atoms with Crippen LogP contribution in [0.5, 0.6) is 5.75 Å². The number of anilines is 1. The molecule has 190 valence electrons. The number of benzene rings is 3. The van der Waals surface area contributed by atoms with Crippen molar-refractivity contribution < 1.29 is 18.7 Å². The maximum atomic E-state index is 13.1.